The number of hydrogen-bond donors (Lipinski definition) is 1. The van der Waals surface area contributed by atoms with E-state index >= 15 is 0 Å². The lowest BCUT2D eigenvalue weighted by molar-refractivity contribution is 1.04. The Morgan fingerprint density at radius 1 is 1.11 bits per heavy atom. The van der Waals surface area contributed by atoms with Crippen molar-refractivity contribution < 1.29 is 0 Å². The highest BCUT2D eigenvalue weighted by Crippen LogP contribution is 2.21. The molecule has 0 aliphatic heterocycles. The van der Waals surface area contributed by atoms with Crippen LogP contribution >= 0.6 is 11.6 Å². The summed E-state index contributed by atoms with van der Waals surface area (Å²) < 4.78 is 1.94. The zero-order valence-corrected chi connectivity index (χ0v) is 10.3. The molecular formula is C13H11ClN4. The Balaban J connectivity index is 2.21. The van der Waals surface area contributed by atoms with Crippen molar-refractivity contribution in [3.63, 3.8) is 0 Å². The van der Waals surface area contributed by atoms with E-state index in [9.17, 15) is 0 Å². The third-order valence-electron chi connectivity index (χ3n) is 2.84. The van der Waals surface area contributed by atoms with Gasteiger partial charge in [0, 0.05) is 28.9 Å². The van der Waals surface area contributed by atoms with E-state index in [1.54, 1.807) is 0 Å². The lowest BCUT2D eigenvalue weighted by Gasteiger charge is -2.02. The van der Waals surface area contributed by atoms with Gasteiger partial charge in [-0.25, -0.2) is 0 Å². The van der Waals surface area contributed by atoms with Crippen LogP contribution in [0.5, 0.6) is 0 Å². The maximum absolute atomic E-state index is 5.88. The summed E-state index contributed by atoms with van der Waals surface area (Å²) in [6.07, 6.45) is 1.93. The molecule has 0 atom stereocenters. The van der Waals surface area contributed by atoms with Gasteiger partial charge in [-0.1, -0.05) is 17.7 Å². The molecule has 3 aromatic rings. The highest BCUT2D eigenvalue weighted by atomic mass is 35.5. The first-order valence-electron chi connectivity index (χ1n) is 5.58. The van der Waals surface area contributed by atoms with Gasteiger partial charge in [0.25, 0.3) is 0 Å². The number of hydrogen-bond acceptors (Lipinski definition) is 3. The molecule has 0 saturated heterocycles. The molecule has 0 bridgehead atoms. The van der Waals surface area contributed by atoms with Crippen LogP contribution in [0.1, 0.15) is 5.56 Å². The summed E-state index contributed by atoms with van der Waals surface area (Å²) in [5, 5.41) is 9.11. The molecule has 0 amide bonds. The van der Waals surface area contributed by atoms with E-state index in [1.165, 1.54) is 0 Å². The van der Waals surface area contributed by atoms with Crippen LogP contribution in [0.4, 0.5) is 0 Å². The van der Waals surface area contributed by atoms with E-state index in [-0.39, 0.29) is 0 Å². The number of nitrogens with two attached hydrogens (primary N) is 1. The quantitative estimate of drug-likeness (QED) is 0.768. The highest BCUT2D eigenvalue weighted by Gasteiger charge is 2.09. The molecule has 3 rings (SSSR count). The molecule has 0 aliphatic carbocycles. The second-order valence-corrected chi connectivity index (χ2v) is 4.40. The van der Waals surface area contributed by atoms with Crippen molar-refractivity contribution in [2.75, 3.05) is 0 Å². The lowest BCUT2D eigenvalue weighted by Crippen LogP contribution is -2.00. The summed E-state index contributed by atoms with van der Waals surface area (Å²) in [6, 6.07) is 11.4. The van der Waals surface area contributed by atoms with Crippen LogP contribution < -0.4 is 5.73 Å². The van der Waals surface area contributed by atoms with Crippen LogP contribution in [-0.4, -0.2) is 14.6 Å². The molecule has 0 spiro atoms. The van der Waals surface area contributed by atoms with E-state index in [0.717, 1.165) is 22.6 Å². The van der Waals surface area contributed by atoms with Crippen LogP contribution in [0.2, 0.25) is 5.02 Å². The normalized spacial score (nSPS) is 11.0. The molecule has 0 unspecified atom stereocenters. The first-order chi connectivity index (χ1) is 8.79. The van der Waals surface area contributed by atoms with E-state index in [4.69, 9.17) is 17.3 Å². The van der Waals surface area contributed by atoms with Crippen molar-refractivity contribution in [1.82, 2.24) is 14.6 Å². The summed E-state index contributed by atoms with van der Waals surface area (Å²) in [6.45, 7) is 0.448. The summed E-state index contributed by atoms with van der Waals surface area (Å²) in [5.41, 5.74) is 8.43. The second-order valence-electron chi connectivity index (χ2n) is 3.96. The maximum Gasteiger partial charge on any atom is 0.168 e. The van der Waals surface area contributed by atoms with Crippen molar-refractivity contribution in [2.45, 2.75) is 6.54 Å². The molecule has 1 aromatic carbocycles. The fourth-order valence-electron chi connectivity index (χ4n) is 1.93. The average molecular weight is 259 g/mol. The molecule has 4 nitrogen and oxygen atoms in total. The van der Waals surface area contributed by atoms with E-state index in [2.05, 4.69) is 10.2 Å². The number of halogens is 1. The lowest BCUT2D eigenvalue weighted by atomic mass is 10.2. The Kier molecular flexibility index (Phi) is 2.74. The van der Waals surface area contributed by atoms with Crippen molar-refractivity contribution in [3.8, 4) is 11.4 Å². The summed E-state index contributed by atoms with van der Waals surface area (Å²) in [5.74, 6) is 0.789. The van der Waals surface area contributed by atoms with Crippen LogP contribution in [0.3, 0.4) is 0 Å². The number of benzene rings is 1. The standard InChI is InChI=1S/C13H11ClN4/c14-11-5-3-9(4-6-11)12-16-17-13-10(8-15)2-1-7-18(12)13/h1-7H,8,15H2. The molecule has 90 valence electrons. The van der Waals surface area contributed by atoms with Gasteiger partial charge in [-0.2, -0.15) is 0 Å². The molecule has 2 heterocycles. The monoisotopic (exact) mass is 258 g/mol. The van der Waals surface area contributed by atoms with Gasteiger partial charge in [0.2, 0.25) is 0 Å². The smallest absolute Gasteiger partial charge is 0.168 e. The molecule has 2 N–H and O–H groups in total. The molecular weight excluding hydrogens is 248 g/mol. The molecule has 0 saturated carbocycles. The van der Waals surface area contributed by atoms with E-state index in [1.807, 2.05) is 47.0 Å². The molecule has 2 aromatic heterocycles. The van der Waals surface area contributed by atoms with Crippen molar-refractivity contribution in [2.24, 2.45) is 5.73 Å². The minimum atomic E-state index is 0.448. The zero-order chi connectivity index (χ0) is 12.5. The summed E-state index contributed by atoms with van der Waals surface area (Å²) in [7, 11) is 0. The zero-order valence-electron chi connectivity index (χ0n) is 9.55. The van der Waals surface area contributed by atoms with Gasteiger partial charge in [-0.3, -0.25) is 4.40 Å². The Morgan fingerprint density at radius 2 is 1.89 bits per heavy atom. The predicted octanol–water partition coefficient (Wildman–Crippen LogP) is 2.51. The SMILES string of the molecule is NCc1cccn2c(-c3ccc(Cl)cc3)nnc12. The van der Waals surface area contributed by atoms with Crippen molar-refractivity contribution in [1.29, 1.82) is 0 Å². The molecule has 0 radical (unpaired) electrons. The third-order valence-corrected chi connectivity index (χ3v) is 3.09. The van der Waals surface area contributed by atoms with Crippen LogP contribution in [-0.2, 0) is 6.54 Å². The highest BCUT2D eigenvalue weighted by molar-refractivity contribution is 6.30. The largest absolute Gasteiger partial charge is 0.326 e. The van der Waals surface area contributed by atoms with Crippen LogP contribution in [0.25, 0.3) is 17.0 Å². The second kappa shape index (κ2) is 4.40. The van der Waals surface area contributed by atoms with Crippen molar-refractivity contribution >= 4 is 17.2 Å². The van der Waals surface area contributed by atoms with Gasteiger partial charge in [-0.05, 0) is 30.3 Å². The average Bonchev–Trinajstić information content (AvgIpc) is 2.83. The van der Waals surface area contributed by atoms with Crippen molar-refractivity contribution in [3.05, 3.63) is 53.2 Å². The van der Waals surface area contributed by atoms with Gasteiger partial charge in [-0.15, -0.1) is 10.2 Å². The Bertz CT molecular complexity index is 688. The van der Waals surface area contributed by atoms with Gasteiger partial charge < -0.3 is 5.73 Å². The van der Waals surface area contributed by atoms with E-state index < -0.39 is 0 Å². The molecule has 0 fully saturated rings. The minimum absolute atomic E-state index is 0.448. The van der Waals surface area contributed by atoms with E-state index in [0.29, 0.717) is 11.6 Å². The topological polar surface area (TPSA) is 56.2 Å². The first kappa shape index (κ1) is 11.2. The number of rotatable bonds is 2. The Labute approximate surface area is 109 Å². The number of nitrogens with zero attached hydrogens (tertiary/aromatic N) is 3. The summed E-state index contributed by atoms with van der Waals surface area (Å²) in [4.78, 5) is 0. The molecule has 5 heteroatoms. The van der Waals surface area contributed by atoms with Gasteiger partial charge in [0.1, 0.15) is 0 Å². The van der Waals surface area contributed by atoms with Crippen LogP contribution in [0.15, 0.2) is 42.6 Å². The van der Waals surface area contributed by atoms with Gasteiger partial charge >= 0.3 is 0 Å². The minimum Gasteiger partial charge on any atom is -0.326 e. The third kappa shape index (κ3) is 1.75. The Hall–Kier alpha value is -1.91. The fourth-order valence-corrected chi connectivity index (χ4v) is 2.05. The predicted molar refractivity (Wildman–Crippen MR) is 71.3 cm³/mol. The Morgan fingerprint density at radius 3 is 2.61 bits per heavy atom. The van der Waals surface area contributed by atoms with Gasteiger partial charge in [0.15, 0.2) is 11.5 Å². The number of aromatic nitrogens is 3. The van der Waals surface area contributed by atoms with Crippen LogP contribution in [0, 0.1) is 0 Å². The van der Waals surface area contributed by atoms with Gasteiger partial charge in [0.05, 0.1) is 0 Å². The fraction of sp³-hybridized carbons (Fsp3) is 0.0769. The number of fused-ring (bicyclic) bond motifs is 1. The first-order valence-corrected chi connectivity index (χ1v) is 5.96. The number of pyridine rings is 1. The summed E-state index contributed by atoms with van der Waals surface area (Å²) >= 11 is 5.88. The molecule has 18 heavy (non-hydrogen) atoms. The maximum atomic E-state index is 5.88. The molecule has 0 aliphatic rings.